The monoisotopic (exact) mass is 197 g/mol. The first-order valence-electron chi connectivity index (χ1n) is 0.532. The van der Waals surface area contributed by atoms with Crippen molar-refractivity contribution in [1.29, 1.82) is 0 Å². The van der Waals surface area contributed by atoms with Crippen LogP contribution in [0.4, 0.5) is 0 Å². The fourth-order valence-electron chi connectivity index (χ4n) is 0. The molecule has 0 heterocycles. The van der Waals surface area contributed by atoms with Crippen LogP contribution in [0.15, 0.2) is 0 Å². The van der Waals surface area contributed by atoms with Crippen LogP contribution < -0.4 is 0 Å². The molecule has 0 unspecified atom stereocenters. The number of rotatable bonds is 0. The summed E-state index contributed by atoms with van der Waals surface area (Å²) in [6.45, 7) is 0. The van der Waals surface area contributed by atoms with Gasteiger partial charge in [-0.2, -0.15) is 4.21 Å². The third-order valence-corrected chi connectivity index (χ3v) is 0. The second-order valence-electron chi connectivity index (χ2n) is 0.231. The SMILES string of the molecule is O=S(O)O.[In]. The van der Waals surface area contributed by atoms with Crippen LogP contribution in [0.5, 0.6) is 0 Å². The Morgan fingerprint density at radius 1 is 1.40 bits per heavy atom. The summed E-state index contributed by atoms with van der Waals surface area (Å²) in [6.07, 6.45) is 0. The van der Waals surface area contributed by atoms with E-state index in [1.165, 1.54) is 0 Å². The van der Waals surface area contributed by atoms with Crippen LogP contribution in [0.3, 0.4) is 0 Å². The van der Waals surface area contributed by atoms with E-state index < -0.39 is 11.4 Å². The molecule has 0 bridgehead atoms. The second-order valence-corrected chi connectivity index (χ2v) is 0.692. The van der Waals surface area contributed by atoms with Gasteiger partial charge in [0.1, 0.15) is 0 Å². The molecule has 0 aromatic heterocycles. The van der Waals surface area contributed by atoms with Crippen LogP contribution in [-0.4, -0.2) is 39.2 Å². The zero-order valence-electron chi connectivity index (χ0n) is 2.29. The Labute approximate surface area is 50.7 Å². The number of hydrogen-bond donors (Lipinski definition) is 2. The quantitative estimate of drug-likeness (QED) is 0.504. The molecule has 0 aromatic rings. The Kier molecular flexibility index (Phi) is 9.23. The van der Waals surface area contributed by atoms with Crippen molar-refractivity contribution in [3.05, 3.63) is 0 Å². The standard InChI is InChI=1S/In.H2O3S/c;1-4(2)3/h;(H2,1,2,3). The Balaban J connectivity index is 0. The van der Waals surface area contributed by atoms with Gasteiger partial charge in [-0.15, -0.1) is 0 Å². The molecule has 3 nitrogen and oxygen atoms in total. The third kappa shape index (κ3) is 48.3. The van der Waals surface area contributed by atoms with E-state index in [4.69, 9.17) is 13.3 Å². The molecule has 5 heteroatoms. The van der Waals surface area contributed by atoms with Gasteiger partial charge in [0.15, 0.2) is 0 Å². The summed E-state index contributed by atoms with van der Waals surface area (Å²) in [6, 6.07) is 0. The van der Waals surface area contributed by atoms with Crippen molar-refractivity contribution in [2.24, 2.45) is 0 Å². The summed E-state index contributed by atoms with van der Waals surface area (Å²) in [4.78, 5) is 0. The summed E-state index contributed by atoms with van der Waals surface area (Å²) in [7, 11) is 0. The van der Waals surface area contributed by atoms with E-state index >= 15 is 0 Å². The zero-order valence-corrected chi connectivity index (χ0v) is 6.40. The minimum absolute atomic E-state index is 0. The van der Waals surface area contributed by atoms with Crippen LogP contribution >= 0.6 is 0 Å². The minimum Gasteiger partial charge on any atom is -0.284 e. The molecule has 0 saturated carbocycles. The average molecular weight is 197 g/mol. The van der Waals surface area contributed by atoms with Crippen LogP contribution in [0, 0.1) is 0 Å². The summed E-state index contributed by atoms with van der Waals surface area (Å²) >= 11 is -2.61. The van der Waals surface area contributed by atoms with Gasteiger partial charge in [0.25, 0.3) is 11.4 Å². The molecule has 0 rings (SSSR count). The van der Waals surface area contributed by atoms with Crippen molar-refractivity contribution in [2.75, 3.05) is 0 Å². The van der Waals surface area contributed by atoms with Crippen LogP contribution in [0.25, 0.3) is 0 Å². The summed E-state index contributed by atoms with van der Waals surface area (Å²) in [5.74, 6) is 0. The molecule has 0 aliphatic carbocycles. The first-order valence-corrected chi connectivity index (χ1v) is 1.60. The van der Waals surface area contributed by atoms with Gasteiger partial charge in [-0.25, -0.2) is 0 Å². The van der Waals surface area contributed by atoms with Gasteiger partial charge in [-0.3, -0.25) is 9.11 Å². The van der Waals surface area contributed by atoms with Crippen molar-refractivity contribution >= 4 is 37.2 Å². The number of hydrogen-bond acceptors (Lipinski definition) is 1. The van der Waals surface area contributed by atoms with E-state index in [-0.39, 0.29) is 25.8 Å². The van der Waals surface area contributed by atoms with E-state index in [0.29, 0.717) is 0 Å². The van der Waals surface area contributed by atoms with Crippen molar-refractivity contribution in [1.82, 2.24) is 0 Å². The van der Waals surface area contributed by atoms with Crippen LogP contribution in [0.1, 0.15) is 0 Å². The molecule has 5 heavy (non-hydrogen) atoms. The zero-order chi connectivity index (χ0) is 3.58. The first kappa shape index (κ1) is 9.34. The molecule has 0 aromatic carbocycles. The van der Waals surface area contributed by atoms with E-state index in [1.54, 1.807) is 0 Å². The molecule has 2 N–H and O–H groups in total. The molecule has 0 spiro atoms. The first-order chi connectivity index (χ1) is 1.73. The topological polar surface area (TPSA) is 57.5 Å². The van der Waals surface area contributed by atoms with Gasteiger partial charge >= 0.3 is 0 Å². The normalized spacial score (nSPS) is 7.00. The molecule has 0 saturated heterocycles. The average Bonchev–Trinajstić information content (AvgIpc) is 0.811. The molecular formula is H2InO3S. The largest absolute Gasteiger partial charge is 0.299 e. The third-order valence-electron chi connectivity index (χ3n) is 0. The Hall–Kier alpha value is 0.940. The predicted octanol–water partition coefficient (Wildman–Crippen LogP) is -0.700. The fourth-order valence-corrected chi connectivity index (χ4v) is 0. The van der Waals surface area contributed by atoms with Crippen molar-refractivity contribution in [3.63, 3.8) is 0 Å². The minimum atomic E-state index is -2.61. The molecule has 0 aliphatic heterocycles. The Bertz CT molecular complexity index is 29.9. The smallest absolute Gasteiger partial charge is 0.284 e. The van der Waals surface area contributed by atoms with Crippen molar-refractivity contribution in [2.45, 2.75) is 0 Å². The maximum absolute atomic E-state index is 8.67. The molecule has 0 aliphatic rings. The maximum atomic E-state index is 8.67. The summed E-state index contributed by atoms with van der Waals surface area (Å²) in [5, 5.41) is 0. The second kappa shape index (κ2) is 4.94. The van der Waals surface area contributed by atoms with E-state index in [1.807, 2.05) is 0 Å². The Morgan fingerprint density at radius 3 is 1.40 bits per heavy atom. The molecule has 29 valence electrons. The van der Waals surface area contributed by atoms with E-state index in [2.05, 4.69) is 0 Å². The molecule has 3 radical (unpaired) electrons. The van der Waals surface area contributed by atoms with Gasteiger partial charge in [0.05, 0.1) is 0 Å². The molecule has 0 amide bonds. The van der Waals surface area contributed by atoms with Crippen LogP contribution in [-0.2, 0) is 11.4 Å². The van der Waals surface area contributed by atoms with E-state index in [0.717, 1.165) is 0 Å². The van der Waals surface area contributed by atoms with Crippen molar-refractivity contribution < 1.29 is 13.3 Å². The predicted molar refractivity (Wildman–Crippen MR) is 19.2 cm³/mol. The summed E-state index contributed by atoms with van der Waals surface area (Å²) in [5.41, 5.74) is 0. The fraction of sp³-hybridized carbons (Fsp3) is 0. The summed E-state index contributed by atoms with van der Waals surface area (Å²) < 4.78 is 22.8. The van der Waals surface area contributed by atoms with Crippen LogP contribution in [0.2, 0.25) is 0 Å². The van der Waals surface area contributed by atoms with Crippen molar-refractivity contribution in [3.8, 4) is 0 Å². The van der Waals surface area contributed by atoms with E-state index in [9.17, 15) is 0 Å². The van der Waals surface area contributed by atoms with Gasteiger partial charge in [0, 0.05) is 25.8 Å². The van der Waals surface area contributed by atoms with Gasteiger partial charge in [0.2, 0.25) is 0 Å². The maximum Gasteiger partial charge on any atom is 0.299 e. The van der Waals surface area contributed by atoms with Gasteiger partial charge < -0.3 is 0 Å². The molecule has 0 atom stereocenters. The van der Waals surface area contributed by atoms with Gasteiger partial charge in [-0.1, -0.05) is 0 Å². The molecular weight excluding hydrogens is 195 g/mol. The Morgan fingerprint density at radius 2 is 1.40 bits per heavy atom. The molecule has 0 fully saturated rings. The van der Waals surface area contributed by atoms with Gasteiger partial charge in [-0.05, 0) is 0 Å².